The minimum absolute atomic E-state index is 0.0278. The highest BCUT2D eigenvalue weighted by molar-refractivity contribution is 5.96. The Labute approximate surface area is 195 Å². The third kappa shape index (κ3) is 3.34. The Balaban J connectivity index is 1.60. The molecule has 10 heteroatoms. The summed E-state index contributed by atoms with van der Waals surface area (Å²) in [5.74, 6) is 0.704. The first kappa shape index (κ1) is 20.8. The summed E-state index contributed by atoms with van der Waals surface area (Å²) in [6.45, 7) is 3.90. The van der Waals surface area contributed by atoms with E-state index < -0.39 is 0 Å². The van der Waals surface area contributed by atoms with Gasteiger partial charge < -0.3 is 9.84 Å². The van der Waals surface area contributed by atoms with Crippen LogP contribution >= 0.6 is 0 Å². The molecule has 34 heavy (non-hydrogen) atoms. The highest BCUT2D eigenvalue weighted by atomic mass is 16.5. The van der Waals surface area contributed by atoms with Gasteiger partial charge in [-0.3, -0.25) is 14.7 Å². The van der Waals surface area contributed by atoms with Crippen LogP contribution in [0.2, 0.25) is 0 Å². The number of benzene rings is 1. The van der Waals surface area contributed by atoms with E-state index in [1.165, 1.54) is 0 Å². The van der Waals surface area contributed by atoms with Crippen LogP contribution in [0.5, 0.6) is 5.88 Å². The molecule has 0 amide bonds. The van der Waals surface area contributed by atoms with E-state index in [0.29, 0.717) is 31.2 Å². The highest BCUT2D eigenvalue weighted by Gasteiger charge is 2.21. The van der Waals surface area contributed by atoms with Crippen LogP contribution in [0.1, 0.15) is 12.6 Å². The van der Waals surface area contributed by atoms with Gasteiger partial charge >= 0.3 is 0 Å². The molecule has 6 rings (SSSR count). The fraction of sp³-hybridized carbons (Fsp3) is 0.333. The lowest BCUT2D eigenvalue weighted by atomic mass is 10.0. The Morgan fingerprint density at radius 1 is 1.15 bits per heavy atom. The minimum atomic E-state index is -0.0820. The van der Waals surface area contributed by atoms with E-state index in [0.717, 1.165) is 44.4 Å². The number of aromatic amines is 1. The van der Waals surface area contributed by atoms with Gasteiger partial charge in [0.1, 0.15) is 6.10 Å². The molecule has 0 saturated carbocycles. The van der Waals surface area contributed by atoms with Crippen molar-refractivity contribution in [2.75, 3.05) is 20.2 Å². The number of aliphatic hydroxyl groups is 1. The number of aromatic nitrogens is 7. The third-order valence-corrected chi connectivity index (χ3v) is 6.35. The van der Waals surface area contributed by atoms with Gasteiger partial charge in [0.2, 0.25) is 5.88 Å². The molecule has 0 spiro atoms. The average Bonchev–Trinajstić information content (AvgIpc) is 3.49. The van der Waals surface area contributed by atoms with Crippen LogP contribution in [0.15, 0.2) is 36.7 Å². The van der Waals surface area contributed by atoms with Crippen LogP contribution < -0.4 is 4.74 Å². The summed E-state index contributed by atoms with van der Waals surface area (Å²) in [4.78, 5) is 6.81. The molecule has 0 radical (unpaired) electrons. The van der Waals surface area contributed by atoms with E-state index >= 15 is 0 Å². The van der Waals surface area contributed by atoms with Crippen molar-refractivity contribution in [3.8, 4) is 28.3 Å². The second kappa shape index (κ2) is 7.93. The molecule has 1 aliphatic rings. The maximum absolute atomic E-state index is 9.62. The Kier molecular flexibility index (Phi) is 4.85. The van der Waals surface area contributed by atoms with Gasteiger partial charge in [0.15, 0.2) is 5.65 Å². The lowest BCUT2D eigenvalue weighted by Gasteiger charge is -2.23. The topological polar surface area (TPSA) is 110 Å². The largest absolute Gasteiger partial charge is 0.473 e. The Bertz CT molecular complexity index is 1510. The van der Waals surface area contributed by atoms with Gasteiger partial charge in [-0.1, -0.05) is 6.07 Å². The molecular formula is C24H26N8O2. The van der Waals surface area contributed by atoms with E-state index in [9.17, 15) is 5.11 Å². The molecular weight excluding hydrogens is 432 g/mol. The predicted molar refractivity (Wildman–Crippen MR) is 128 cm³/mol. The number of fused-ring (bicyclic) bond motifs is 5. The van der Waals surface area contributed by atoms with Crippen molar-refractivity contribution >= 4 is 21.9 Å². The number of aryl methyl sites for hydroxylation is 1. The van der Waals surface area contributed by atoms with Crippen molar-refractivity contribution in [3.63, 3.8) is 0 Å². The van der Waals surface area contributed by atoms with E-state index in [1.807, 2.05) is 36.3 Å². The summed E-state index contributed by atoms with van der Waals surface area (Å²) in [5.41, 5.74) is 6.33. The monoisotopic (exact) mass is 458 g/mol. The van der Waals surface area contributed by atoms with Crippen LogP contribution in [0, 0.1) is 0 Å². The first-order valence-electron chi connectivity index (χ1n) is 11.3. The number of nitrogens with one attached hydrogen (secondary N) is 1. The molecule has 5 aromatic rings. The summed E-state index contributed by atoms with van der Waals surface area (Å²) in [6.07, 6.45) is 3.55. The number of pyridine rings is 1. The molecule has 10 nitrogen and oxygen atoms in total. The van der Waals surface area contributed by atoms with E-state index in [1.54, 1.807) is 4.68 Å². The highest BCUT2D eigenvalue weighted by Crippen LogP contribution is 2.35. The fourth-order valence-electron chi connectivity index (χ4n) is 4.80. The number of ether oxygens (including phenoxy) is 1. The zero-order valence-corrected chi connectivity index (χ0v) is 19.4. The van der Waals surface area contributed by atoms with E-state index in [2.05, 4.69) is 51.3 Å². The Morgan fingerprint density at radius 3 is 2.85 bits per heavy atom. The van der Waals surface area contributed by atoms with Crippen molar-refractivity contribution in [3.05, 3.63) is 42.4 Å². The Hall–Kier alpha value is -3.76. The molecule has 5 heterocycles. The maximum atomic E-state index is 9.62. The third-order valence-electron chi connectivity index (χ3n) is 6.35. The minimum Gasteiger partial charge on any atom is -0.473 e. The van der Waals surface area contributed by atoms with Crippen molar-refractivity contribution in [2.45, 2.75) is 26.1 Å². The molecule has 1 aliphatic heterocycles. The van der Waals surface area contributed by atoms with Gasteiger partial charge in [-0.2, -0.15) is 15.3 Å². The second-order valence-corrected chi connectivity index (χ2v) is 8.93. The average molecular weight is 459 g/mol. The molecule has 0 unspecified atom stereocenters. The van der Waals surface area contributed by atoms with Gasteiger partial charge in [-0.25, -0.2) is 9.67 Å². The SMILES string of the molecule is C[C@H]1CN(C)Cc2c3cc(ccc3nn2CCO)-c2[nH]nc3ncc(cc23)-c2cnn(C)c2O1. The normalized spacial score (nSPS) is 16.6. The van der Waals surface area contributed by atoms with Gasteiger partial charge in [0.25, 0.3) is 0 Å². The lowest BCUT2D eigenvalue weighted by Crippen LogP contribution is -2.32. The molecule has 0 aliphatic carbocycles. The zero-order chi connectivity index (χ0) is 23.4. The van der Waals surface area contributed by atoms with Crippen LogP contribution in [-0.2, 0) is 20.1 Å². The van der Waals surface area contributed by atoms with Crippen molar-refractivity contribution < 1.29 is 9.84 Å². The molecule has 0 saturated heterocycles. The zero-order valence-electron chi connectivity index (χ0n) is 19.4. The van der Waals surface area contributed by atoms with E-state index in [-0.39, 0.29) is 12.7 Å². The molecule has 1 atom stereocenters. The molecule has 1 aromatic carbocycles. The van der Waals surface area contributed by atoms with Crippen LogP contribution in [-0.4, -0.2) is 71.1 Å². The quantitative estimate of drug-likeness (QED) is 0.418. The second-order valence-electron chi connectivity index (χ2n) is 8.93. The van der Waals surface area contributed by atoms with Crippen LogP contribution in [0.25, 0.3) is 44.3 Å². The summed E-state index contributed by atoms with van der Waals surface area (Å²) >= 11 is 0. The van der Waals surface area contributed by atoms with Gasteiger partial charge in [0, 0.05) is 48.2 Å². The molecule has 4 aromatic heterocycles. The van der Waals surface area contributed by atoms with Gasteiger partial charge in [-0.15, -0.1) is 0 Å². The smallest absolute Gasteiger partial charge is 0.219 e. The van der Waals surface area contributed by atoms with Crippen molar-refractivity contribution in [1.29, 1.82) is 0 Å². The Morgan fingerprint density at radius 2 is 2.00 bits per heavy atom. The van der Waals surface area contributed by atoms with Gasteiger partial charge in [0.05, 0.1) is 41.8 Å². The number of rotatable bonds is 2. The summed E-state index contributed by atoms with van der Waals surface area (Å²) in [7, 11) is 3.95. The van der Waals surface area contributed by atoms with Crippen LogP contribution in [0.4, 0.5) is 0 Å². The number of H-pyrrole nitrogens is 1. The molecule has 174 valence electrons. The standard InChI is InChI=1S/C24H26N8O2/c1-14-12-30(2)13-21-17-8-15(4-5-20(17)29-32(21)6-7-33)22-18-9-16(10-25-23(18)28-27-22)19-11-26-31(3)24(19)34-14/h4-5,8-11,14,33H,6-7,12-13H2,1-3H3,(H,25,27,28)/t14-/m0/s1. The number of hydrogen-bond donors (Lipinski definition) is 2. The first-order valence-corrected chi connectivity index (χ1v) is 11.3. The summed E-state index contributed by atoms with van der Waals surface area (Å²) < 4.78 is 10.0. The van der Waals surface area contributed by atoms with Gasteiger partial charge in [-0.05, 0) is 32.2 Å². The fourth-order valence-corrected chi connectivity index (χ4v) is 4.80. The van der Waals surface area contributed by atoms with Crippen molar-refractivity contribution in [2.24, 2.45) is 7.05 Å². The molecule has 2 N–H and O–H groups in total. The van der Waals surface area contributed by atoms with E-state index in [4.69, 9.17) is 9.84 Å². The number of aliphatic hydroxyl groups excluding tert-OH is 1. The predicted octanol–water partition coefficient (Wildman–Crippen LogP) is 2.58. The lowest BCUT2D eigenvalue weighted by molar-refractivity contribution is 0.147. The molecule has 0 fully saturated rings. The number of likely N-dealkylation sites (N-methyl/N-ethyl adjacent to an activating group) is 1. The van der Waals surface area contributed by atoms with Crippen molar-refractivity contribution in [1.82, 2.24) is 39.6 Å². The number of nitrogens with zero attached hydrogens (tertiary/aromatic N) is 7. The summed E-state index contributed by atoms with van der Waals surface area (Å²) in [6, 6.07) is 8.30. The maximum Gasteiger partial charge on any atom is 0.219 e. The summed E-state index contributed by atoms with van der Waals surface area (Å²) in [5, 5.41) is 28.4. The first-order chi connectivity index (χ1) is 16.5. The molecule has 4 bridgehead atoms. The number of hydrogen-bond acceptors (Lipinski definition) is 7. The van der Waals surface area contributed by atoms with Crippen LogP contribution in [0.3, 0.4) is 0 Å².